The Labute approximate surface area is 356 Å². The lowest BCUT2D eigenvalue weighted by Gasteiger charge is -2.45. The molecular formula is C53H53N5OSi. The van der Waals surface area contributed by atoms with Crippen LogP contribution in [0.3, 0.4) is 0 Å². The van der Waals surface area contributed by atoms with Gasteiger partial charge in [-0.05, 0) is 74.5 Å². The van der Waals surface area contributed by atoms with Gasteiger partial charge in [0.1, 0.15) is 24.2 Å². The highest BCUT2D eigenvalue weighted by molar-refractivity contribution is 7.20. The summed E-state index contributed by atoms with van der Waals surface area (Å²) in [5.74, 6) is 2.11. The Bertz CT molecular complexity index is 2560. The maximum absolute atomic E-state index is 10.9. The minimum Gasteiger partial charge on any atom is -0.444 e. The molecule has 3 unspecified atom stereocenters. The number of hydrogen-bond donors (Lipinski definition) is 0. The monoisotopic (exact) mass is 803 g/mol. The molecule has 1 aliphatic carbocycles. The molecule has 0 bridgehead atoms. The summed E-state index contributed by atoms with van der Waals surface area (Å²) in [7, 11) is -3.13. The fourth-order valence-corrected chi connectivity index (χ4v) is 14.9. The quantitative estimate of drug-likeness (QED) is 0.0906. The molecule has 60 heavy (non-hydrogen) atoms. The van der Waals surface area contributed by atoms with Crippen molar-refractivity contribution in [3.05, 3.63) is 162 Å². The topological polar surface area (TPSA) is 91.4 Å². The number of oxazole rings is 1. The van der Waals surface area contributed by atoms with E-state index in [9.17, 15) is 10.5 Å². The third-order valence-electron chi connectivity index (χ3n) is 13.6. The molecule has 1 saturated carbocycles. The molecule has 0 aliphatic heterocycles. The Morgan fingerprint density at radius 2 is 1.35 bits per heavy atom. The summed E-state index contributed by atoms with van der Waals surface area (Å²) < 4.78 is 8.05. The second kappa shape index (κ2) is 16.4. The lowest BCUT2D eigenvalue weighted by molar-refractivity contribution is 0.188. The molecule has 2 heterocycles. The lowest BCUT2D eigenvalue weighted by atomic mass is 9.61. The molecule has 0 N–H and O–H groups in total. The Kier molecular flexibility index (Phi) is 11.1. The van der Waals surface area contributed by atoms with Gasteiger partial charge in [0.05, 0.1) is 22.5 Å². The van der Waals surface area contributed by atoms with Gasteiger partial charge in [0, 0.05) is 29.4 Å². The number of aromatic nitrogens is 3. The van der Waals surface area contributed by atoms with Gasteiger partial charge in [-0.15, -0.1) is 0 Å². The van der Waals surface area contributed by atoms with Crippen LogP contribution >= 0.6 is 0 Å². The molecule has 5 aromatic carbocycles. The molecule has 2 aromatic heterocycles. The Hall–Kier alpha value is -6.28. The molecule has 1 fully saturated rings. The van der Waals surface area contributed by atoms with E-state index in [2.05, 4.69) is 163 Å². The van der Waals surface area contributed by atoms with Crippen molar-refractivity contribution in [3.8, 4) is 40.7 Å². The molecule has 0 radical (unpaired) electrons. The van der Waals surface area contributed by atoms with Crippen LogP contribution in [-0.2, 0) is 5.41 Å². The van der Waals surface area contributed by atoms with Gasteiger partial charge in [0.2, 0.25) is 5.89 Å². The van der Waals surface area contributed by atoms with Crippen molar-refractivity contribution >= 4 is 28.8 Å². The molecule has 0 spiro atoms. The second-order valence-corrected chi connectivity index (χ2v) is 21.4. The van der Waals surface area contributed by atoms with Gasteiger partial charge in [0.15, 0.2) is 8.07 Å². The van der Waals surface area contributed by atoms with Crippen molar-refractivity contribution in [2.24, 2.45) is 11.3 Å². The molecule has 300 valence electrons. The largest absolute Gasteiger partial charge is 0.444 e. The number of nitriles is 2. The van der Waals surface area contributed by atoms with Crippen molar-refractivity contribution in [3.63, 3.8) is 0 Å². The Morgan fingerprint density at radius 1 is 0.767 bits per heavy atom. The summed E-state index contributed by atoms with van der Waals surface area (Å²) in [6, 6.07) is 48.3. The van der Waals surface area contributed by atoms with E-state index in [1.165, 1.54) is 32.7 Å². The molecule has 6 nitrogen and oxygen atoms in total. The molecular weight excluding hydrogens is 751 g/mol. The van der Waals surface area contributed by atoms with E-state index in [0.717, 1.165) is 36.9 Å². The van der Waals surface area contributed by atoms with Crippen LogP contribution in [0.25, 0.3) is 28.5 Å². The highest BCUT2D eigenvalue weighted by Gasteiger charge is 2.47. The molecule has 0 saturated heterocycles. The predicted octanol–water partition coefficient (Wildman–Crippen LogP) is 10.3. The van der Waals surface area contributed by atoms with Crippen LogP contribution in [0.4, 0.5) is 0 Å². The molecule has 8 rings (SSSR count). The summed E-state index contributed by atoms with van der Waals surface area (Å²) in [5.41, 5.74) is 4.54. The third kappa shape index (κ3) is 6.72. The van der Waals surface area contributed by atoms with Gasteiger partial charge < -0.3 is 4.42 Å². The van der Waals surface area contributed by atoms with Crippen molar-refractivity contribution < 1.29 is 4.42 Å². The molecule has 1 aliphatic rings. The van der Waals surface area contributed by atoms with Gasteiger partial charge in [0.25, 0.3) is 0 Å². The second-order valence-electron chi connectivity index (χ2n) is 17.6. The van der Waals surface area contributed by atoms with Crippen molar-refractivity contribution in [2.45, 2.75) is 85.0 Å². The van der Waals surface area contributed by atoms with Gasteiger partial charge in [-0.1, -0.05) is 164 Å². The fraction of sp³-hybridized carbons (Fsp3) is 0.283. The predicted molar refractivity (Wildman–Crippen MR) is 245 cm³/mol. The zero-order valence-corrected chi connectivity index (χ0v) is 36.6. The molecule has 0 amide bonds. The van der Waals surface area contributed by atoms with Crippen LogP contribution in [0.1, 0.15) is 102 Å². The van der Waals surface area contributed by atoms with E-state index < -0.39 is 8.07 Å². The third-order valence-corrected chi connectivity index (χ3v) is 18.5. The van der Waals surface area contributed by atoms with Crippen LogP contribution in [0.5, 0.6) is 0 Å². The zero-order chi connectivity index (χ0) is 42.1. The smallest absolute Gasteiger partial charge is 0.226 e. The first-order valence-electron chi connectivity index (χ1n) is 21.4. The van der Waals surface area contributed by atoms with E-state index >= 15 is 0 Å². The highest BCUT2D eigenvalue weighted by atomic mass is 28.3. The summed E-state index contributed by atoms with van der Waals surface area (Å²) in [4.78, 5) is 10.2. The molecule has 7 heteroatoms. The number of hydrogen-bond acceptors (Lipinski definition) is 5. The standard InChI is InChI=1S/C53H53N5OSi/c1-7-29-53(6,52(3,4)5)45-25-18-26-47(60(41-19-12-9-13-20-41,42-21-14-10-15-22-42)43-23-16-11-17-24-43)48(45)50-56-30-31-58(50)49-39(34-54)32-38(33-40(49)35-55)51-57-46(36-59-51)44-28-27-37(44)8-2/h9-26,30-33,36-37,44H,7-8,27-29H2,1-6H3. The zero-order valence-electron chi connectivity index (χ0n) is 35.6. The van der Waals surface area contributed by atoms with Gasteiger partial charge in [-0.3, -0.25) is 4.57 Å². The number of imidazole rings is 1. The fourth-order valence-electron chi connectivity index (χ4n) is 9.90. The van der Waals surface area contributed by atoms with Crippen molar-refractivity contribution in [2.75, 3.05) is 0 Å². The van der Waals surface area contributed by atoms with Gasteiger partial charge in [-0.25, -0.2) is 9.97 Å². The first-order valence-corrected chi connectivity index (χ1v) is 23.4. The van der Waals surface area contributed by atoms with Crippen molar-refractivity contribution in [1.29, 1.82) is 10.5 Å². The average Bonchev–Trinajstić information content (AvgIpc) is 3.95. The molecule has 7 aromatic rings. The van der Waals surface area contributed by atoms with Gasteiger partial charge in [-0.2, -0.15) is 10.5 Å². The maximum atomic E-state index is 10.9. The van der Waals surface area contributed by atoms with E-state index in [0.29, 0.717) is 45.9 Å². The SMILES string of the molecule is CCCC(C)(c1cccc([Si](c2ccccc2)(c2ccccc2)c2ccccc2)c1-c1nccn1-c1c(C#N)cc(-c2nc(C3CCC3CC)co2)cc1C#N)C(C)(C)C. The van der Waals surface area contributed by atoms with Gasteiger partial charge >= 0.3 is 0 Å². The van der Waals surface area contributed by atoms with E-state index in [4.69, 9.17) is 14.4 Å². The van der Waals surface area contributed by atoms with Crippen LogP contribution < -0.4 is 20.7 Å². The number of rotatable bonds is 12. The van der Waals surface area contributed by atoms with Crippen LogP contribution in [0.2, 0.25) is 0 Å². The van der Waals surface area contributed by atoms with E-state index in [1.54, 1.807) is 12.5 Å². The van der Waals surface area contributed by atoms with Crippen LogP contribution in [-0.4, -0.2) is 22.6 Å². The molecule has 3 atom stereocenters. The Balaban J connectivity index is 1.45. The number of nitrogens with zero attached hydrogens (tertiary/aromatic N) is 5. The highest BCUT2D eigenvalue weighted by Crippen LogP contribution is 2.48. The maximum Gasteiger partial charge on any atom is 0.226 e. The summed E-state index contributed by atoms with van der Waals surface area (Å²) in [6.07, 6.45) is 10.8. The minimum absolute atomic E-state index is 0.146. The minimum atomic E-state index is -3.13. The first-order chi connectivity index (χ1) is 29.1. The normalized spacial score (nSPS) is 16.3. The lowest BCUT2D eigenvalue weighted by Crippen LogP contribution is -2.75. The summed E-state index contributed by atoms with van der Waals surface area (Å²) in [5, 5.41) is 26.8. The average molecular weight is 804 g/mol. The van der Waals surface area contributed by atoms with E-state index in [1.807, 2.05) is 22.9 Å². The van der Waals surface area contributed by atoms with E-state index in [-0.39, 0.29) is 10.8 Å². The number of benzene rings is 5. The van der Waals surface area contributed by atoms with Crippen molar-refractivity contribution in [1.82, 2.24) is 14.5 Å². The van der Waals surface area contributed by atoms with Crippen LogP contribution in [0, 0.1) is 34.0 Å². The van der Waals surface area contributed by atoms with Crippen LogP contribution in [0.15, 0.2) is 144 Å². The summed E-state index contributed by atoms with van der Waals surface area (Å²) in [6.45, 7) is 13.9. The first kappa shape index (κ1) is 40.5. The summed E-state index contributed by atoms with van der Waals surface area (Å²) >= 11 is 0. The Morgan fingerprint density at radius 3 is 1.83 bits per heavy atom.